The van der Waals surface area contributed by atoms with Crippen LogP contribution in [0.5, 0.6) is 0 Å². The SMILES string of the molecule is C[C@H](C(=O)NC[C@H]1CCO[C@@H]1c1ccccc1)n1cncn1. The molecule has 0 radical (unpaired) electrons. The molecular weight excluding hydrogens is 280 g/mol. The Morgan fingerprint density at radius 3 is 3.00 bits per heavy atom. The van der Waals surface area contributed by atoms with Gasteiger partial charge in [0.25, 0.3) is 0 Å². The zero-order valence-corrected chi connectivity index (χ0v) is 12.6. The van der Waals surface area contributed by atoms with Crippen molar-refractivity contribution in [2.45, 2.75) is 25.5 Å². The largest absolute Gasteiger partial charge is 0.373 e. The highest BCUT2D eigenvalue weighted by Gasteiger charge is 2.30. The third kappa shape index (κ3) is 3.17. The highest BCUT2D eigenvalue weighted by molar-refractivity contribution is 5.79. The van der Waals surface area contributed by atoms with E-state index in [9.17, 15) is 4.79 Å². The van der Waals surface area contributed by atoms with Crippen LogP contribution < -0.4 is 5.32 Å². The van der Waals surface area contributed by atoms with Crippen LogP contribution in [0.2, 0.25) is 0 Å². The molecule has 1 aliphatic rings. The van der Waals surface area contributed by atoms with Crippen molar-refractivity contribution in [3.05, 3.63) is 48.5 Å². The summed E-state index contributed by atoms with van der Waals surface area (Å²) in [5.74, 6) is 0.249. The number of carbonyl (C=O) groups excluding carboxylic acids is 1. The second kappa shape index (κ2) is 6.70. The smallest absolute Gasteiger partial charge is 0.244 e. The molecule has 1 saturated heterocycles. The summed E-state index contributed by atoms with van der Waals surface area (Å²) in [6.45, 7) is 3.15. The number of hydrogen-bond donors (Lipinski definition) is 1. The minimum atomic E-state index is -0.361. The van der Waals surface area contributed by atoms with Gasteiger partial charge in [0.2, 0.25) is 5.91 Å². The average molecular weight is 300 g/mol. The molecule has 2 heterocycles. The van der Waals surface area contributed by atoms with E-state index in [-0.39, 0.29) is 18.1 Å². The normalized spacial score (nSPS) is 22.4. The van der Waals surface area contributed by atoms with Gasteiger partial charge in [-0.1, -0.05) is 30.3 Å². The second-order valence-corrected chi connectivity index (χ2v) is 5.55. The van der Waals surface area contributed by atoms with Crippen molar-refractivity contribution < 1.29 is 9.53 Å². The lowest BCUT2D eigenvalue weighted by atomic mass is 9.95. The fourth-order valence-electron chi connectivity index (χ4n) is 2.77. The van der Waals surface area contributed by atoms with Crippen molar-refractivity contribution in [2.24, 2.45) is 5.92 Å². The summed E-state index contributed by atoms with van der Waals surface area (Å²) in [5.41, 5.74) is 1.17. The maximum atomic E-state index is 12.2. The number of nitrogens with zero attached hydrogens (tertiary/aromatic N) is 3. The van der Waals surface area contributed by atoms with Crippen molar-refractivity contribution in [3.8, 4) is 0 Å². The number of rotatable bonds is 5. The lowest BCUT2D eigenvalue weighted by Gasteiger charge is -2.20. The first-order valence-corrected chi connectivity index (χ1v) is 7.54. The van der Waals surface area contributed by atoms with E-state index < -0.39 is 0 Å². The summed E-state index contributed by atoms with van der Waals surface area (Å²) in [6.07, 6.45) is 4.00. The van der Waals surface area contributed by atoms with Crippen LogP contribution >= 0.6 is 0 Å². The van der Waals surface area contributed by atoms with E-state index in [1.54, 1.807) is 11.0 Å². The molecule has 0 unspecified atom stereocenters. The van der Waals surface area contributed by atoms with Crippen LogP contribution in [-0.2, 0) is 9.53 Å². The molecule has 6 heteroatoms. The Hall–Kier alpha value is -2.21. The molecule has 0 bridgehead atoms. The lowest BCUT2D eigenvalue weighted by Crippen LogP contribution is -2.35. The van der Waals surface area contributed by atoms with Crippen molar-refractivity contribution in [3.63, 3.8) is 0 Å². The molecule has 1 aromatic carbocycles. The molecule has 1 aromatic heterocycles. The Morgan fingerprint density at radius 2 is 2.27 bits per heavy atom. The Bertz CT molecular complexity index is 600. The van der Waals surface area contributed by atoms with Crippen LogP contribution in [0.4, 0.5) is 0 Å². The van der Waals surface area contributed by atoms with E-state index in [0.717, 1.165) is 13.0 Å². The number of ether oxygens (including phenoxy) is 1. The molecule has 6 nitrogen and oxygen atoms in total. The van der Waals surface area contributed by atoms with Gasteiger partial charge in [-0.25, -0.2) is 9.67 Å². The van der Waals surface area contributed by atoms with Gasteiger partial charge in [-0.3, -0.25) is 4.79 Å². The minimum Gasteiger partial charge on any atom is -0.373 e. The maximum Gasteiger partial charge on any atom is 0.244 e. The molecule has 22 heavy (non-hydrogen) atoms. The molecule has 0 aliphatic carbocycles. The number of benzene rings is 1. The first-order valence-electron chi connectivity index (χ1n) is 7.54. The molecule has 3 atom stereocenters. The summed E-state index contributed by atoms with van der Waals surface area (Å²) < 4.78 is 7.39. The van der Waals surface area contributed by atoms with Crippen LogP contribution in [-0.4, -0.2) is 33.8 Å². The quantitative estimate of drug-likeness (QED) is 0.913. The maximum absolute atomic E-state index is 12.2. The standard InChI is InChI=1S/C16H20N4O2/c1-12(20-11-17-10-19-20)16(21)18-9-14-7-8-22-15(14)13-5-3-2-4-6-13/h2-6,10-12,14-15H,7-9H2,1H3,(H,18,21)/t12-,14-,15-/m1/s1. The fraction of sp³-hybridized carbons (Fsp3) is 0.438. The van der Waals surface area contributed by atoms with Crippen molar-refractivity contribution in [1.82, 2.24) is 20.1 Å². The third-order valence-electron chi connectivity index (χ3n) is 4.09. The van der Waals surface area contributed by atoms with E-state index in [1.807, 2.05) is 25.1 Å². The van der Waals surface area contributed by atoms with E-state index in [2.05, 4.69) is 27.5 Å². The Labute approximate surface area is 129 Å². The Balaban J connectivity index is 1.57. The molecule has 1 N–H and O–H groups in total. The first kappa shape index (κ1) is 14.7. The van der Waals surface area contributed by atoms with Crippen LogP contribution in [0, 0.1) is 5.92 Å². The average Bonchev–Trinajstić information content (AvgIpc) is 3.24. The van der Waals surface area contributed by atoms with Crippen molar-refractivity contribution in [1.29, 1.82) is 0 Å². The summed E-state index contributed by atoms with van der Waals surface area (Å²) in [5, 5.41) is 7.00. The van der Waals surface area contributed by atoms with Crippen molar-refractivity contribution in [2.75, 3.05) is 13.2 Å². The molecule has 3 rings (SSSR count). The van der Waals surface area contributed by atoms with Gasteiger partial charge in [0.15, 0.2) is 0 Å². The van der Waals surface area contributed by atoms with E-state index in [1.165, 1.54) is 11.9 Å². The predicted molar refractivity (Wildman–Crippen MR) is 81.0 cm³/mol. The van der Waals surface area contributed by atoms with Gasteiger partial charge in [-0.2, -0.15) is 5.10 Å². The zero-order chi connectivity index (χ0) is 15.4. The summed E-state index contributed by atoms with van der Waals surface area (Å²) in [7, 11) is 0. The van der Waals surface area contributed by atoms with Gasteiger partial charge in [-0.15, -0.1) is 0 Å². The fourth-order valence-corrected chi connectivity index (χ4v) is 2.77. The van der Waals surface area contributed by atoms with E-state index in [0.29, 0.717) is 12.5 Å². The van der Waals surface area contributed by atoms with E-state index >= 15 is 0 Å². The number of hydrogen-bond acceptors (Lipinski definition) is 4. The van der Waals surface area contributed by atoms with Crippen LogP contribution in [0.15, 0.2) is 43.0 Å². The molecule has 1 amide bonds. The summed E-state index contributed by atoms with van der Waals surface area (Å²) in [6, 6.07) is 9.81. The third-order valence-corrected chi connectivity index (χ3v) is 4.09. The van der Waals surface area contributed by atoms with Gasteiger partial charge in [0.05, 0.1) is 6.10 Å². The topological polar surface area (TPSA) is 69.0 Å². The summed E-state index contributed by atoms with van der Waals surface area (Å²) >= 11 is 0. The van der Waals surface area contributed by atoms with Gasteiger partial charge in [0, 0.05) is 19.1 Å². The lowest BCUT2D eigenvalue weighted by molar-refractivity contribution is -0.124. The summed E-state index contributed by atoms with van der Waals surface area (Å²) in [4.78, 5) is 16.1. The van der Waals surface area contributed by atoms with Crippen molar-refractivity contribution >= 4 is 5.91 Å². The van der Waals surface area contributed by atoms with Crippen LogP contribution in [0.3, 0.4) is 0 Å². The molecule has 0 spiro atoms. The first-order chi connectivity index (χ1) is 10.8. The zero-order valence-electron chi connectivity index (χ0n) is 12.6. The molecule has 1 aliphatic heterocycles. The number of aromatic nitrogens is 3. The molecular formula is C16H20N4O2. The van der Waals surface area contributed by atoms with Gasteiger partial charge < -0.3 is 10.1 Å². The van der Waals surface area contributed by atoms with E-state index in [4.69, 9.17) is 4.74 Å². The van der Waals surface area contributed by atoms with Gasteiger partial charge >= 0.3 is 0 Å². The monoisotopic (exact) mass is 300 g/mol. The second-order valence-electron chi connectivity index (χ2n) is 5.55. The Kier molecular flexibility index (Phi) is 4.48. The predicted octanol–water partition coefficient (Wildman–Crippen LogP) is 1.73. The van der Waals surface area contributed by atoms with Gasteiger partial charge in [-0.05, 0) is 18.9 Å². The molecule has 116 valence electrons. The number of nitrogens with one attached hydrogen (secondary N) is 1. The van der Waals surface area contributed by atoms with Gasteiger partial charge in [0.1, 0.15) is 18.7 Å². The molecule has 1 fully saturated rings. The molecule has 2 aromatic rings. The van der Waals surface area contributed by atoms with Crippen LogP contribution in [0.25, 0.3) is 0 Å². The minimum absolute atomic E-state index is 0.0517. The highest BCUT2D eigenvalue weighted by atomic mass is 16.5. The Morgan fingerprint density at radius 1 is 1.45 bits per heavy atom. The van der Waals surface area contributed by atoms with Crippen LogP contribution in [0.1, 0.15) is 31.1 Å². The molecule has 0 saturated carbocycles. The number of amides is 1. The number of carbonyl (C=O) groups is 1. The highest BCUT2D eigenvalue weighted by Crippen LogP contribution is 2.33.